The van der Waals surface area contributed by atoms with Gasteiger partial charge in [-0.1, -0.05) is 0 Å². The van der Waals surface area contributed by atoms with Crippen molar-refractivity contribution in [2.75, 3.05) is 6.61 Å². The predicted molar refractivity (Wildman–Crippen MR) is 59.1 cm³/mol. The third kappa shape index (κ3) is 4.97. The van der Waals surface area contributed by atoms with Crippen LogP contribution >= 0.6 is 0 Å². The van der Waals surface area contributed by atoms with Crippen molar-refractivity contribution in [3.63, 3.8) is 0 Å². The van der Waals surface area contributed by atoms with Gasteiger partial charge >= 0.3 is 18.5 Å². The van der Waals surface area contributed by atoms with Gasteiger partial charge in [0.05, 0.1) is 13.0 Å². The molecule has 0 aliphatic heterocycles. The Morgan fingerprint density at radius 1 is 1.23 bits per heavy atom. The molecule has 11 heteroatoms. The average Bonchev–Trinajstić information content (AvgIpc) is 2.23. The van der Waals surface area contributed by atoms with Gasteiger partial charge in [-0.3, -0.25) is 9.59 Å². The molecule has 124 valence electrons. The van der Waals surface area contributed by atoms with E-state index in [-0.39, 0.29) is 12.7 Å². The molecule has 5 nitrogen and oxygen atoms in total. The van der Waals surface area contributed by atoms with Gasteiger partial charge in [-0.05, 0) is 6.92 Å². The maximum absolute atomic E-state index is 12.9. The van der Waals surface area contributed by atoms with Gasteiger partial charge in [0.1, 0.15) is 11.3 Å². The van der Waals surface area contributed by atoms with E-state index in [9.17, 15) is 35.9 Å². The van der Waals surface area contributed by atoms with Crippen LogP contribution in [-0.4, -0.2) is 23.9 Å². The smallest absolute Gasteiger partial charge is 0.466 e. The standard InChI is InChI=1S/C11H9F6NO4/c1-2-21-8(20)3-5-9(10(12,13)14)6(4-7(19)18-5)22-11(15,16)17/h4H,2-3H2,1H3,(H,18,19). The molecule has 0 atom stereocenters. The number of ether oxygens (including phenoxy) is 2. The Bertz CT molecular complexity index is 604. The zero-order chi connectivity index (χ0) is 17.1. The molecule has 1 aromatic rings. The zero-order valence-electron chi connectivity index (χ0n) is 10.9. The van der Waals surface area contributed by atoms with Crippen LogP contribution in [-0.2, 0) is 22.1 Å². The summed E-state index contributed by atoms with van der Waals surface area (Å²) in [7, 11) is 0. The Labute approximate surface area is 118 Å². The average molecular weight is 333 g/mol. The first-order valence-corrected chi connectivity index (χ1v) is 5.68. The van der Waals surface area contributed by atoms with Gasteiger partial charge in [0.15, 0.2) is 0 Å². The van der Waals surface area contributed by atoms with Crippen LogP contribution in [0.5, 0.6) is 5.75 Å². The molecule has 1 N–H and O–H groups in total. The van der Waals surface area contributed by atoms with Gasteiger partial charge in [0, 0.05) is 11.8 Å². The summed E-state index contributed by atoms with van der Waals surface area (Å²) in [5, 5.41) is 0. The van der Waals surface area contributed by atoms with Crippen LogP contribution in [0.1, 0.15) is 18.2 Å². The number of aromatic nitrogens is 1. The fourth-order valence-electron chi connectivity index (χ4n) is 1.59. The van der Waals surface area contributed by atoms with Gasteiger partial charge in [-0.2, -0.15) is 13.2 Å². The van der Waals surface area contributed by atoms with Crippen LogP contribution < -0.4 is 10.3 Å². The minimum atomic E-state index is -5.44. The van der Waals surface area contributed by atoms with Gasteiger partial charge in [0.2, 0.25) is 0 Å². The van der Waals surface area contributed by atoms with E-state index in [0.717, 1.165) is 0 Å². The van der Waals surface area contributed by atoms with Crippen LogP contribution in [0, 0.1) is 0 Å². The van der Waals surface area contributed by atoms with Crippen molar-refractivity contribution in [2.45, 2.75) is 25.9 Å². The van der Waals surface area contributed by atoms with Crippen molar-refractivity contribution < 1.29 is 40.6 Å². The summed E-state index contributed by atoms with van der Waals surface area (Å²) in [5.41, 5.74) is -4.25. The minimum Gasteiger partial charge on any atom is -0.466 e. The normalized spacial score (nSPS) is 12.1. The first-order valence-electron chi connectivity index (χ1n) is 5.68. The number of carbonyl (C=O) groups is 1. The van der Waals surface area contributed by atoms with Crippen molar-refractivity contribution >= 4 is 5.97 Å². The molecule has 0 bridgehead atoms. The highest BCUT2D eigenvalue weighted by Gasteiger charge is 2.42. The third-order valence-corrected chi connectivity index (χ3v) is 2.22. The summed E-state index contributed by atoms with van der Waals surface area (Å²) in [6.07, 6.45) is -11.8. The number of pyridine rings is 1. The monoisotopic (exact) mass is 333 g/mol. The van der Waals surface area contributed by atoms with Crippen LogP contribution in [0.2, 0.25) is 0 Å². The van der Waals surface area contributed by atoms with E-state index < -0.39 is 47.5 Å². The maximum Gasteiger partial charge on any atom is 0.573 e. The van der Waals surface area contributed by atoms with Crippen molar-refractivity contribution in [3.8, 4) is 5.75 Å². The second-order valence-electron chi connectivity index (χ2n) is 3.88. The molecule has 0 spiro atoms. The van der Waals surface area contributed by atoms with E-state index in [1.807, 2.05) is 0 Å². The molecule has 0 aliphatic rings. The molecule has 0 fully saturated rings. The number of rotatable bonds is 4. The van der Waals surface area contributed by atoms with E-state index in [2.05, 4.69) is 9.47 Å². The van der Waals surface area contributed by atoms with Crippen molar-refractivity contribution in [1.29, 1.82) is 0 Å². The van der Waals surface area contributed by atoms with Crippen molar-refractivity contribution in [2.24, 2.45) is 0 Å². The van der Waals surface area contributed by atoms with Gasteiger partial charge in [0.25, 0.3) is 5.56 Å². The topological polar surface area (TPSA) is 68.4 Å². The van der Waals surface area contributed by atoms with E-state index in [1.54, 1.807) is 4.98 Å². The first kappa shape index (κ1) is 17.9. The predicted octanol–water partition coefficient (Wildman–Crippen LogP) is 2.40. The number of hydrogen-bond acceptors (Lipinski definition) is 4. The lowest BCUT2D eigenvalue weighted by Crippen LogP contribution is -2.26. The number of esters is 1. The highest BCUT2D eigenvalue weighted by molar-refractivity contribution is 5.72. The number of carbonyl (C=O) groups excluding carboxylic acids is 1. The number of halogens is 6. The molecule has 1 heterocycles. The largest absolute Gasteiger partial charge is 0.573 e. The zero-order valence-corrected chi connectivity index (χ0v) is 10.9. The van der Waals surface area contributed by atoms with E-state index >= 15 is 0 Å². The molecule has 0 radical (unpaired) electrons. The van der Waals surface area contributed by atoms with Crippen LogP contribution in [0.15, 0.2) is 10.9 Å². The third-order valence-electron chi connectivity index (χ3n) is 2.22. The Kier molecular flexibility index (Phi) is 5.09. The van der Waals surface area contributed by atoms with Gasteiger partial charge < -0.3 is 14.5 Å². The molecule has 0 aromatic carbocycles. The fraction of sp³-hybridized carbons (Fsp3) is 0.455. The van der Waals surface area contributed by atoms with Crippen LogP contribution in [0.25, 0.3) is 0 Å². The number of aromatic amines is 1. The first-order chi connectivity index (χ1) is 9.94. The molecule has 1 aromatic heterocycles. The number of hydrogen-bond donors (Lipinski definition) is 1. The summed E-state index contributed by atoms with van der Waals surface area (Å²) in [6.45, 7) is 1.23. The van der Waals surface area contributed by atoms with Crippen molar-refractivity contribution in [3.05, 3.63) is 27.7 Å². The van der Waals surface area contributed by atoms with Crippen LogP contribution in [0.4, 0.5) is 26.3 Å². The van der Waals surface area contributed by atoms with Gasteiger partial charge in [-0.25, -0.2) is 0 Å². The number of alkyl halides is 6. The molecule has 1 rings (SSSR count). The summed E-state index contributed by atoms with van der Waals surface area (Å²) < 4.78 is 82.9. The van der Waals surface area contributed by atoms with Crippen LogP contribution in [0.3, 0.4) is 0 Å². The SMILES string of the molecule is CCOC(=O)Cc1[nH]c(=O)cc(OC(F)(F)F)c1C(F)(F)F. The molecule has 22 heavy (non-hydrogen) atoms. The maximum atomic E-state index is 12.9. The molecule has 0 aliphatic carbocycles. The van der Waals surface area contributed by atoms with Gasteiger partial charge in [-0.15, -0.1) is 13.2 Å². The molecular formula is C11H9F6NO4. The molecule has 0 unspecified atom stereocenters. The lowest BCUT2D eigenvalue weighted by Gasteiger charge is -2.17. The van der Waals surface area contributed by atoms with Crippen molar-refractivity contribution in [1.82, 2.24) is 4.98 Å². The summed E-state index contributed by atoms with van der Waals surface area (Å²) >= 11 is 0. The highest BCUT2D eigenvalue weighted by atomic mass is 19.4. The molecule has 0 amide bonds. The quantitative estimate of drug-likeness (QED) is 0.679. The second kappa shape index (κ2) is 6.28. The number of H-pyrrole nitrogens is 1. The summed E-state index contributed by atoms with van der Waals surface area (Å²) in [6, 6.07) is 0.00493. The summed E-state index contributed by atoms with van der Waals surface area (Å²) in [5.74, 6) is -2.88. The molecule has 0 saturated heterocycles. The second-order valence-corrected chi connectivity index (χ2v) is 3.88. The van der Waals surface area contributed by atoms with E-state index in [4.69, 9.17) is 0 Å². The van der Waals surface area contributed by atoms with E-state index in [1.165, 1.54) is 6.92 Å². The molecular weight excluding hydrogens is 324 g/mol. The molecule has 0 saturated carbocycles. The Hall–Kier alpha value is -2.20. The highest BCUT2D eigenvalue weighted by Crippen LogP contribution is 2.39. The Morgan fingerprint density at radius 3 is 2.27 bits per heavy atom. The summed E-state index contributed by atoms with van der Waals surface area (Å²) in [4.78, 5) is 24.1. The Morgan fingerprint density at radius 2 is 1.82 bits per heavy atom. The fourth-order valence-corrected chi connectivity index (χ4v) is 1.59. The number of nitrogens with one attached hydrogen (secondary N) is 1. The lowest BCUT2D eigenvalue weighted by molar-refractivity contribution is -0.276. The Balaban J connectivity index is 3.42. The minimum absolute atomic E-state index is 0.00493. The van der Waals surface area contributed by atoms with E-state index in [0.29, 0.717) is 0 Å². The lowest BCUT2D eigenvalue weighted by atomic mass is 10.1.